The molecule has 35 heavy (non-hydrogen) atoms. The van der Waals surface area contributed by atoms with Crippen molar-refractivity contribution in [1.29, 1.82) is 0 Å². The molecule has 0 fully saturated rings. The van der Waals surface area contributed by atoms with Gasteiger partial charge in [-0.3, -0.25) is 4.79 Å². The summed E-state index contributed by atoms with van der Waals surface area (Å²) in [5, 5.41) is 12.3. The lowest BCUT2D eigenvalue weighted by molar-refractivity contribution is -0.157. The van der Waals surface area contributed by atoms with Gasteiger partial charge in [0.05, 0.1) is 21.2 Å². The van der Waals surface area contributed by atoms with Crippen LogP contribution < -0.4 is 5.32 Å². The Morgan fingerprint density at radius 3 is 1.77 bits per heavy atom. The van der Waals surface area contributed by atoms with Crippen molar-refractivity contribution in [3.8, 4) is 0 Å². The molecule has 0 aliphatic carbocycles. The first-order valence-electron chi connectivity index (χ1n) is 9.87. The summed E-state index contributed by atoms with van der Waals surface area (Å²) in [5.41, 5.74) is 0.0691. The molecule has 8 nitrogen and oxygen atoms in total. The zero-order valence-corrected chi connectivity index (χ0v) is 21.3. The second-order valence-electron chi connectivity index (χ2n) is 6.95. The number of amides is 1. The van der Waals surface area contributed by atoms with Crippen molar-refractivity contribution in [3.05, 3.63) is 97.5 Å². The number of halogens is 3. The van der Waals surface area contributed by atoms with E-state index >= 15 is 0 Å². The first kappa shape index (κ1) is 26.5. The molecule has 0 heterocycles. The van der Waals surface area contributed by atoms with E-state index in [1.54, 1.807) is 36.4 Å². The van der Waals surface area contributed by atoms with E-state index < -0.39 is 36.0 Å². The monoisotopic (exact) mass is 627 g/mol. The van der Waals surface area contributed by atoms with Gasteiger partial charge in [-0.15, -0.1) is 0 Å². The predicted octanol–water partition coefficient (Wildman–Crippen LogP) is 5.07. The molecule has 0 spiro atoms. The Balaban J connectivity index is 1.94. The van der Waals surface area contributed by atoms with Crippen LogP contribution in [0.25, 0.3) is 0 Å². The summed E-state index contributed by atoms with van der Waals surface area (Å²) in [4.78, 5) is 50.6. The minimum absolute atomic E-state index is 0.00885. The molecule has 0 saturated heterocycles. The van der Waals surface area contributed by atoms with Crippen LogP contribution >= 0.6 is 45.8 Å². The number of anilines is 1. The highest BCUT2D eigenvalue weighted by molar-refractivity contribution is 14.1. The summed E-state index contributed by atoms with van der Waals surface area (Å²) in [5.74, 6) is -4.96. The molecular weight excluding hydrogens is 612 g/mol. The van der Waals surface area contributed by atoms with Crippen LogP contribution in [0, 0.1) is 3.57 Å². The van der Waals surface area contributed by atoms with E-state index in [0.29, 0.717) is 5.69 Å². The minimum atomic E-state index is -2.20. The summed E-state index contributed by atoms with van der Waals surface area (Å²) < 4.78 is 11.1. The third-order valence-electron chi connectivity index (χ3n) is 4.52. The van der Waals surface area contributed by atoms with Crippen molar-refractivity contribution in [3.63, 3.8) is 0 Å². The van der Waals surface area contributed by atoms with Crippen molar-refractivity contribution >= 4 is 75.3 Å². The van der Waals surface area contributed by atoms with Crippen LogP contribution in [-0.2, 0) is 19.1 Å². The van der Waals surface area contributed by atoms with Gasteiger partial charge in [0.15, 0.2) is 0 Å². The molecule has 11 heteroatoms. The SMILES string of the molecule is O=C(O[C@@H](C(=O)O)[C@@H](OC(=O)c1ccccc1Cl)C(=O)Nc1cccc(I)c1)c1ccccc1Cl. The van der Waals surface area contributed by atoms with E-state index in [4.69, 9.17) is 32.7 Å². The molecule has 0 aliphatic rings. The molecule has 0 saturated carbocycles. The fraction of sp³-hybridized carbons (Fsp3) is 0.0833. The smallest absolute Gasteiger partial charge is 0.349 e. The molecule has 180 valence electrons. The standard InChI is InChI=1S/C24H16Cl2INO7/c25-17-10-3-1-8-15(17)23(32)34-19(21(29)28-14-7-5-6-13(27)12-14)20(22(30)31)35-24(33)16-9-2-4-11-18(16)26/h1-12,19-20H,(H,28,29)(H,30,31)/t19-,20-/m1/s1. The molecule has 0 radical (unpaired) electrons. The van der Waals surface area contributed by atoms with Gasteiger partial charge in [-0.1, -0.05) is 53.5 Å². The largest absolute Gasteiger partial charge is 0.478 e. The van der Waals surface area contributed by atoms with Gasteiger partial charge in [0.2, 0.25) is 12.2 Å². The quantitative estimate of drug-likeness (QED) is 0.264. The van der Waals surface area contributed by atoms with E-state index in [1.165, 1.54) is 36.4 Å². The molecule has 3 aromatic rings. The fourth-order valence-electron chi connectivity index (χ4n) is 2.89. The van der Waals surface area contributed by atoms with E-state index in [0.717, 1.165) is 3.57 Å². The Morgan fingerprint density at radius 2 is 1.29 bits per heavy atom. The number of carboxylic acids is 1. The average molecular weight is 628 g/mol. The number of ether oxygens (including phenoxy) is 2. The van der Waals surface area contributed by atoms with Crippen LogP contribution in [0.2, 0.25) is 10.0 Å². The summed E-state index contributed by atoms with van der Waals surface area (Å²) in [6, 6.07) is 18.2. The highest BCUT2D eigenvalue weighted by Gasteiger charge is 2.41. The summed E-state index contributed by atoms with van der Waals surface area (Å²) in [7, 11) is 0. The number of carbonyl (C=O) groups is 4. The van der Waals surface area contributed by atoms with Gasteiger partial charge < -0.3 is 19.9 Å². The molecular formula is C24H16Cl2INO7. The lowest BCUT2D eigenvalue weighted by Crippen LogP contribution is -2.48. The van der Waals surface area contributed by atoms with E-state index in [9.17, 15) is 24.3 Å². The minimum Gasteiger partial charge on any atom is -0.478 e. The third kappa shape index (κ3) is 6.93. The number of esters is 2. The van der Waals surface area contributed by atoms with Crippen LogP contribution in [0.5, 0.6) is 0 Å². The van der Waals surface area contributed by atoms with Crippen LogP contribution in [0.15, 0.2) is 72.8 Å². The Morgan fingerprint density at radius 1 is 0.771 bits per heavy atom. The number of benzene rings is 3. The predicted molar refractivity (Wildman–Crippen MR) is 137 cm³/mol. The first-order chi connectivity index (χ1) is 16.7. The van der Waals surface area contributed by atoms with Gasteiger partial charge >= 0.3 is 17.9 Å². The van der Waals surface area contributed by atoms with Crippen LogP contribution in [-0.4, -0.2) is 41.1 Å². The number of carboxylic acid groups (broad SMARTS) is 1. The van der Waals surface area contributed by atoms with Gasteiger partial charge in [0.25, 0.3) is 5.91 Å². The van der Waals surface area contributed by atoms with Crippen LogP contribution in [0.4, 0.5) is 5.69 Å². The second-order valence-corrected chi connectivity index (χ2v) is 9.01. The number of carbonyl (C=O) groups excluding carboxylic acids is 3. The second kappa shape index (κ2) is 12.0. The molecule has 0 aliphatic heterocycles. The maximum Gasteiger partial charge on any atom is 0.349 e. The Labute approximate surface area is 223 Å². The summed E-state index contributed by atoms with van der Waals surface area (Å²) in [6.45, 7) is 0. The highest BCUT2D eigenvalue weighted by atomic mass is 127. The van der Waals surface area contributed by atoms with Crippen molar-refractivity contribution in [2.75, 3.05) is 5.32 Å². The first-order valence-corrected chi connectivity index (χ1v) is 11.7. The maximum absolute atomic E-state index is 13.1. The normalized spacial score (nSPS) is 12.2. The van der Waals surface area contributed by atoms with E-state index in [1.807, 2.05) is 22.6 Å². The molecule has 3 rings (SSSR count). The number of rotatable bonds is 8. The van der Waals surface area contributed by atoms with Gasteiger partial charge in [-0.05, 0) is 65.1 Å². The van der Waals surface area contributed by atoms with Crippen LogP contribution in [0.1, 0.15) is 20.7 Å². The Hall–Kier alpha value is -3.15. The van der Waals surface area contributed by atoms with Crippen molar-refractivity contribution in [2.45, 2.75) is 12.2 Å². The lowest BCUT2D eigenvalue weighted by Gasteiger charge is -2.24. The molecule has 0 aromatic heterocycles. The topological polar surface area (TPSA) is 119 Å². The highest BCUT2D eigenvalue weighted by Crippen LogP contribution is 2.22. The summed E-state index contributed by atoms with van der Waals surface area (Å²) in [6.07, 6.45) is -4.27. The van der Waals surface area contributed by atoms with Crippen molar-refractivity contribution in [2.24, 2.45) is 0 Å². The third-order valence-corrected chi connectivity index (χ3v) is 5.85. The average Bonchev–Trinajstić information content (AvgIpc) is 2.81. The zero-order valence-electron chi connectivity index (χ0n) is 17.6. The van der Waals surface area contributed by atoms with Crippen LogP contribution in [0.3, 0.4) is 0 Å². The fourth-order valence-corrected chi connectivity index (χ4v) is 3.85. The summed E-state index contributed by atoms with van der Waals surface area (Å²) >= 11 is 14.1. The molecule has 0 bridgehead atoms. The number of hydrogen-bond acceptors (Lipinski definition) is 6. The number of nitrogens with one attached hydrogen (secondary N) is 1. The van der Waals surface area contributed by atoms with E-state index in [-0.39, 0.29) is 21.2 Å². The molecule has 2 N–H and O–H groups in total. The van der Waals surface area contributed by atoms with Gasteiger partial charge in [-0.25, -0.2) is 14.4 Å². The number of hydrogen-bond donors (Lipinski definition) is 2. The molecule has 3 aromatic carbocycles. The van der Waals surface area contributed by atoms with Gasteiger partial charge in [0, 0.05) is 9.26 Å². The number of aliphatic carboxylic acids is 1. The van der Waals surface area contributed by atoms with Gasteiger partial charge in [0.1, 0.15) is 0 Å². The molecule has 2 atom stereocenters. The molecule has 0 unspecified atom stereocenters. The maximum atomic E-state index is 13.1. The van der Waals surface area contributed by atoms with Crippen molar-refractivity contribution < 1.29 is 33.8 Å². The Kier molecular flexibility index (Phi) is 9.07. The van der Waals surface area contributed by atoms with Gasteiger partial charge in [-0.2, -0.15) is 0 Å². The van der Waals surface area contributed by atoms with Crippen molar-refractivity contribution in [1.82, 2.24) is 0 Å². The van der Waals surface area contributed by atoms with E-state index in [2.05, 4.69) is 5.32 Å². The Bertz CT molecular complexity index is 1280. The lowest BCUT2D eigenvalue weighted by atomic mass is 10.1. The zero-order chi connectivity index (χ0) is 25.5. The molecule has 1 amide bonds.